The van der Waals surface area contributed by atoms with Crippen molar-refractivity contribution < 1.29 is 31.1 Å². The summed E-state index contributed by atoms with van der Waals surface area (Å²) in [6, 6.07) is 3.29. The molecule has 0 aromatic carbocycles. The Balaban J connectivity index is 1.50. The number of nitrogens with one attached hydrogen (secondary N) is 1. The highest BCUT2D eigenvalue weighted by molar-refractivity contribution is 5.82. The number of pyridine rings is 1. The van der Waals surface area contributed by atoms with Crippen molar-refractivity contribution >= 4 is 5.91 Å². The molecule has 1 amide bonds. The van der Waals surface area contributed by atoms with Crippen LogP contribution in [0.25, 0.3) is 11.3 Å². The molecule has 5 nitrogen and oxygen atoms in total. The van der Waals surface area contributed by atoms with Gasteiger partial charge in [0.05, 0.1) is 29.3 Å². The van der Waals surface area contributed by atoms with Crippen LogP contribution in [0.15, 0.2) is 24.4 Å². The second-order valence-electron chi connectivity index (χ2n) is 6.95. The lowest BCUT2D eigenvalue weighted by Crippen LogP contribution is -2.30. The van der Waals surface area contributed by atoms with E-state index in [1.807, 2.05) is 0 Å². The highest BCUT2D eigenvalue weighted by Crippen LogP contribution is 2.50. The highest BCUT2D eigenvalue weighted by Gasteiger charge is 2.59. The minimum atomic E-state index is -4.59. The van der Waals surface area contributed by atoms with Gasteiger partial charge < -0.3 is 5.32 Å². The first-order chi connectivity index (χ1) is 13.0. The van der Waals surface area contributed by atoms with Crippen molar-refractivity contribution in [2.75, 3.05) is 0 Å². The fraction of sp³-hybridized carbons (Fsp3) is 0.471. The van der Waals surface area contributed by atoms with Crippen LogP contribution < -0.4 is 5.32 Å². The predicted molar refractivity (Wildman–Crippen MR) is 83.6 cm³/mol. The van der Waals surface area contributed by atoms with Crippen LogP contribution in [0.4, 0.5) is 26.3 Å². The molecule has 4 rings (SSSR count). The molecular weight excluding hydrogens is 390 g/mol. The Morgan fingerprint density at radius 2 is 1.93 bits per heavy atom. The van der Waals surface area contributed by atoms with Gasteiger partial charge in [-0.25, -0.2) is 0 Å². The molecule has 150 valence electrons. The first kappa shape index (κ1) is 18.8. The third-order valence-electron chi connectivity index (χ3n) is 5.01. The van der Waals surface area contributed by atoms with Crippen LogP contribution in [0.2, 0.25) is 0 Å². The number of rotatable bonds is 3. The highest BCUT2D eigenvalue weighted by atomic mass is 19.4. The molecule has 3 atom stereocenters. The standard InChI is InChI=1S/C17H14F6N4O/c18-16(19,20)10-6-9(10)15(28)25-11-2-4-27-13(11)7-12(26-27)8-1-3-24-14(5-8)17(21,22)23/h1,3,5,7,9-11H,2,4,6H2,(H,25,28). The Kier molecular flexibility index (Phi) is 4.16. The van der Waals surface area contributed by atoms with Gasteiger partial charge in [0.15, 0.2) is 0 Å². The zero-order valence-electron chi connectivity index (χ0n) is 14.2. The van der Waals surface area contributed by atoms with Crippen molar-refractivity contribution in [3.63, 3.8) is 0 Å². The van der Waals surface area contributed by atoms with Gasteiger partial charge in [0, 0.05) is 18.3 Å². The molecule has 0 spiro atoms. The summed E-state index contributed by atoms with van der Waals surface area (Å²) in [4.78, 5) is 15.4. The number of nitrogens with zero attached hydrogens (tertiary/aromatic N) is 3. The predicted octanol–water partition coefficient (Wildman–Crippen LogP) is 3.72. The van der Waals surface area contributed by atoms with Crippen molar-refractivity contribution in [3.8, 4) is 11.3 Å². The Morgan fingerprint density at radius 3 is 2.57 bits per heavy atom. The zero-order chi connectivity index (χ0) is 20.3. The SMILES string of the molecule is O=C(NC1CCn2nc(-c3ccnc(C(F)(F)F)c3)cc21)C1CC1C(F)(F)F. The van der Waals surface area contributed by atoms with E-state index in [0.29, 0.717) is 18.7 Å². The lowest BCUT2D eigenvalue weighted by molar-refractivity contribution is -0.155. The molecule has 11 heteroatoms. The van der Waals surface area contributed by atoms with Crippen molar-refractivity contribution in [1.82, 2.24) is 20.1 Å². The van der Waals surface area contributed by atoms with E-state index in [4.69, 9.17) is 0 Å². The van der Waals surface area contributed by atoms with Gasteiger partial charge in [-0.3, -0.25) is 14.5 Å². The molecule has 2 aromatic rings. The van der Waals surface area contributed by atoms with E-state index >= 15 is 0 Å². The Labute approximate surface area is 154 Å². The molecule has 0 radical (unpaired) electrons. The van der Waals surface area contributed by atoms with E-state index in [1.165, 1.54) is 6.07 Å². The fourth-order valence-electron chi connectivity index (χ4n) is 3.45. The van der Waals surface area contributed by atoms with E-state index in [1.54, 1.807) is 10.7 Å². The minimum Gasteiger partial charge on any atom is -0.347 e. The van der Waals surface area contributed by atoms with E-state index in [-0.39, 0.29) is 17.7 Å². The molecule has 3 heterocycles. The van der Waals surface area contributed by atoms with Gasteiger partial charge in [0.1, 0.15) is 5.69 Å². The minimum absolute atomic E-state index is 0.216. The second kappa shape index (κ2) is 6.21. The summed E-state index contributed by atoms with van der Waals surface area (Å²) >= 11 is 0. The van der Waals surface area contributed by atoms with Gasteiger partial charge in [-0.1, -0.05) is 0 Å². The topological polar surface area (TPSA) is 59.8 Å². The summed E-state index contributed by atoms with van der Waals surface area (Å²) in [6.07, 6.45) is -7.70. The number of halogens is 6. The van der Waals surface area contributed by atoms with Gasteiger partial charge in [0.2, 0.25) is 5.91 Å². The first-order valence-electron chi connectivity index (χ1n) is 8.52. The Hall–Kier alpha value is -2.59. The zero-order valence-corrected chi connectivity index (χ0v) is 14.2. The van der Waals surface area contributed by atoms with Crippen LogP contribution in [0.5, 0.6) is 0 Å². The molecule has 1 saturated carbocycles. The number of carbonyl (C=O) groups is 1. The third-order valence-corrected chi connectivity index (χ3v) is 5.01. The van der Waals surface area contributed by atoms with E-state index in [0.717, 1.165) is 12.3 Å². The molecule has 3 unspecified atom stereocenters. The number of hydrogen-bond donors (Lipinski definition) is 1. The maximum Gasteiger partial charge on any atom is 0.433 e. The average molecular weight is 404 g/mol. The molecule has 1 aliphatic heterocycles. The molecule has 1 aliphatic carbocycles. The van der Waals surface area contributed by atoms with Gasteiger partial charge in [0.25, 0.3) is 0 Å². The number of amides is 1. The van der Waals surface area contributed by atoms with E-state index in [2.05, 4.69) is 15.4 Å². The van der Waals surface area contributed by atoms with Gasteiger partial charge in [-0.2, -0.15) is 31.4 Å². The van der Waals surface area contributed by atoms with Crippen molar-refractivity contribution in [1.29, 1.82) is 0 Å². The average Bonchev–Trinajstić information content (AvgIpc) is 3.20. The van der Waals surface area contributed by atoms with Crippen LogP contribution in [0.3, 0.4) is 0 Å². The van der Waals surface area contributed by atoms with Crippen LogP contribution >= 0.6 is 0 Å². The maximum absolute atomic E-state index is 12.8. The van der Waals surface area contributed by atoms with E-state index in [9.17, 15) is 31.1 Å². The fourth-order valence-corrected chi connectivity index (χ4v) is 3.45. The maximum atomic E-state index is 12.8. The van der Waals surface area contributed by atoms with Crippen molar-refractivity contribution in [2.24, 2.45) is 11.8 Å². The second-order valence-corrected chi connectivity index (χ2v) is 6.95. The largest absolute Gasteiger partial charge is 0.433 e. The molecule has 2 aromatic heterocycles. The summed E-state index contributed by atoms with van der Waals surface area (Å²) < 4.78 is 77.9. The van der Waals surface area contributed by atoms with Crippen molar-refractivity contribution in [3.05, 3.63) is 35.8 Å². The Bertz CT molecular complexity index is 919. The van der Waals surface area contributed by atoms with Crippen molar-refractivity contribution in [2.45, 2.75) is 37.8 Å². The number of fused-ring (bicyclic) bond motifs is 1. The summed E-state index contributed by atoms with van der Waals surface area (Å²) in [5.74, 6) is -3.34. The lowest BCUT2D eigenvalue weighted by atomic mass is 10.1. The number of hydrogen-bond acceptors (Lipinski definition) is 3. The van der Waals surface area contributed by atoms with Crippen LogP contribution in [0, 0.1) is 11.8 Å². The molecule has 2 aliphatic rings. The van der Waals surface area contributed by atoms with Gasteiger partial charge in [-0.05, 0) is 31.0 Å². The summed E-state index contributed by atoms with van der Waals surface area (Å²) in [6.45, 7) is 0.408. The first-order valence-corrected chi connectivity index (χ1v) is 8.52. The number of aromatic nitrogens is 3. The van der Waals surface area contributed by atoms with Crippen LogP contribution in [-0.4, -0.2) is 26.8 Å². The molecule has 1 N–H and O–H groups in total. The number of aryl methyl sites for hydroxylation is 1. The molecule has 0 bridgehead atoms. The van der Waals surface area contributed by atoms with Gasteiger partial charge in [-0.15, -0.1) is 0 Å². The normalized spacial score (nSPS) is 24.1. The lowest BCUT2D eigenvalue weighted by Gasteiger charge is -2.12. The van der Waals surface area contributed by atoms with E-state index < -0.39 is 41.8 Å². The van der Waals surface area contributed by atoms with Crippen LogP contribution in [-0.2, 0) is 17.5 Å². The van der Waals surface area contributed by atoms with Crippen LogP contribution in [0.1, 0.15) is 30.3 Å². The summed E-state index contributed by atoms with van der Waals surface area (Å²) in [5.41, 5.74) is 0.00272. The summed E-state index contributed by atoms with van der Waals surface area (Å²) in [7, 11) is 0. The third kappa shape index (κ3) is 3.45. The molecule has 1 fully saturated rings. The molecular formula is C17H14F6N4O. The number of carbonyl (C=O) groups excluding carboxylic acids is 1. The molecule has 0 saturated heterocycles. The van der Waals surface area contributed by atoms with Gasteiger partial charge >= 0.3 is 12.4 Å². The quantitative estimate of drug-likeness (QED) is 0.794. The monoisotopic (exact) mass is 404 g/mol. The number of alkyl halides is 6. The molecule has 28 heavy (non-hydrogen) atoms. The summed E-state index contributed by atoms with van der Waals surface area (Å²) in [5, 5.41) is 6.85. The Morgan fingerprint density at radius 1 is 1.18 bits per heavy atom. The smallest absolute Gasteiger partial charge is 0.347 e.